The number of amides is 5. The molecule has 0 unspecified atom stereocenters. The van der Waals surface area contributed by atoms with Crippen molar-refractivity contribution in [3.63, 3.8) is 0 Å². The van der Waals surface area contributed by atoms with Crippen molar-refractivity contribution in [2.75, 3.05) is 96.8 Å². The summed E-state index contributed by atoms with van der Waals surface area (Å²) in [7, 11) is 1.66. The van der Waals surface area contributed by atoms with Crippen molar-refractivity contribution >= 4 is 51.2 Å². The van der Waals surface area contributed by atoms with Crippen LogP contribution in [0, 0.1) is 11.8 Å². The van der Waals surface area contributed by atoms with Crippen LogP contribution in [0.5, 0.6) is 0 Å². The summed E-state index contributed by atoms with van der Waals surface area (Å²) in [5.41, 5.74) is 2.17. The maximum atomic E-state index is 14.2. The zero-order chi connectivity index (χ0) is 46.9. The second-order valence-electron chi connectivity index (χ2n) is 16.4. The van der Waals surface area contributed by atoms with Crippen LogP contribution in [-0.2, 0) is 54.2 Å². The van der Waals surface area contributed by atoms with Crippen LogP contribution in [0.1, 0.15) is 70.8 Å². The highest BCUT2D eigenvalue weighted by Gasteiger charge is 2.41. The van der Waals surface area contributed by atoms with Crippen LogP contribution in [0.25, 0.3) is 11.3 Å². The lowest BCUT2D eigenvalue weighted by Gasteiger charge is -2.35. The largest absolute Gasteiger partial charge is 0.445 e. The van der Waals surface area contributed by atoms with E-state index in [0.717, 1.165) is 54.6 Å². The van der Waals surface area contributed by atoms with Gasteiger partial charge in [-0.15, -0.1) is 0 Å². The Balaban J connectivity index is 0.958. The number of aromatic nitrogens is 1. The first-order valence-corrected chi connectivity index (χ1v) is 24.0. The molecule has 362 valence electrons. The smallest absolute Gasteiger partial charge is 0.409 e. The van der Waals surface area contributed by atoms with Crippen molar-refractivity contribution in [1.29, 1.82) is 0 Å². The fourth-order valence-corrected chi connectivity index (χ4v) is 8.49. The van der Waals surface area contributed by atoms with Crippen molar-refractivity contribution in [2.45, 2.75) is 83.9 Å². The molecule has 66 heavy (non-hydrogen) atoms. The summed E-state index contributed by atoms with van der Waals surface area (Å²) < 4.78 is 33.0. The zero-order valence-electron chi connectivity index (χ0n) is 38.7. The molecule has 2 aromatic carbocycles. The molecule has 0 bridgehead atoms. The number of benzene rings is 2. The number of rotatable bonds is 28. The highest BCUT2D eigenvalue weighted by atomic mass is 32.1. The molecule has 2 heterocycles. The van der Waals surface area contributed by atoms with Gasteiger partial charge in [0.15, 0.2) is 5.13 Å². The minimum atomic E-state index is -0.711. The standard InChI is InChI=1S/C48H68N6O11S/c1-4-35(2)43(56)50-42(38-19-12-7-13-20-38)46(58)54-22-14-21-39(54)44(57)52-45-41(37-17-10-6-11-18-37)51-47(66-45)49-40(55)34-64-32-31-63-30-29-62-28-27-61-26-25-60-24-23-53(3)48(59)65-33-36-15-8-5-9-16-36/h5-6,8-11,15-18,35,38-39,42H,4,7,12-14,19-34H2,1-3H3,(H,50,56)(H,52,57)(H,49,51,55)/t35-,39+,42+/m1/s1. The molecule has 1 aliphatic heterocycles. The van der Waals surface area contributed by atoms with Gasteiger partial charge in [-0.1, -0.05) is 105 Å². The van der Waals surface area contributed by atoms with Gasteiger partial charge in [0, 0.05) is 31.6 Å². The van der Waals surface area contributed by atoms with Gasteiger partial charge in [-0.3, -0.25) is 24.5 Å². The van der Waals surface area contributed by atoms with Crippen molar-refractivity contribution < 1.29 is 52.4 Å². The maximum Gasteiger partial charge on any atom is 0.409 e. The predicted octanol–water partition coefficient (Wildman–Crippen LogP) is 6.14. The number of likely N-dealkylation sites (tertiary alicyclic amines) is 1. The molecule has 1 aliphatic carbocycles. The van der Waals surface area contributed by atoms with E-state index in [0.29, 0.717) is 89.3 Å². The van der Waals surface area contributed by atoms with Gasteiger partial charge >= 0.3 is 6.09 Å². The first kappa shape index (κ1) is 52.0. The van der Waals surface area contributed by atoms with Crippen LogP contribution < -0.4 is 16.0 Å². The Morgan fingerprint density at radius 2 is 1.38 bits per heavy atom. The summed E-state index contributed by atoms with van der Waals surface area (Å²) in [4.78, 5) is 74.0. The van der Waals surface area contributed by atoms with Gasteiger partial charge in [0.05, 0.1) is 59.5 Å². The van der Waals surface area contributed by atoms with Gasteiger partial charge in [-0.05, 0) is 43.6 Å². The molecule has 2 aliphatic rings. The summed E-state index contributed by atoms with van der Waals surface area (Å²) in [6, 6.07) is 17.5. The van der Waals surface area contributed by atoms with E-state index < -0.39 is 24.1 Å². The lowest BCUT2D eigenvalue weighted by molar-refractivity contribution is -0.142. The van der Waals surface area contributed by atoms with Gasteiger partial charge in [0.25, 0.3) is 5.91 Å². The number of nitrogens with zero attached hydrogens (tertiary/aromatic N) is 3. The highest BCUT2D eigenvalue weighted by molar-refractivity contribution is 7.20. The Morgan fingerprint density at radius 1 is 0.773 bits per heavy atom. The average Bonchev–Trinajstić information content (AvgIpc) is 4.00. The second kappa shape index (κ2) is 28.9. The van der Waals surface area contributed by atoms with Crippen LogP contribution in [0.2, 0.25) is 0 Å². The first-order valence-electron chi connectivity index (χ1n) is 23.2. The molecule has 3 aromatic rings. The van der Waals surface area contributed by atoms with Gasteiger partial charge in [-0.2, -0.15) is 0 Å². The van der Waals surface area contributed by atoms with Crippen LogP contribution in [0.15, 0.2) is 60.7 Å². The molecule has 1 aromatic heterocycles. The third kappa shape index (κ3) is 17.3. The maximum absolute atomic E-state index is 14.2. The topological polar surface area (TPSA) is 196 Å². The summed E-state index contributed by atoms with van der Waals surface area (Å²) in [6.45, 7) is 7.75. The average molecular weight is 937 g/mol. The van der Waals surface area contributed by atoms with Gasteiger partial charge in [0.2, 0.25) is 17.7 Å². The third-order valence-electron chi connectivity index (χ3n) is 11.6. The van der Waals surface area contributed by atoms with Crippen molar-refractivity contribution in [3.05, 3.63) is 66.2 Å². The molecule has 3 N–H and O–H groups in total. The Bertz CT molecular complexity index is 1930. The van der Waals surface area contributed by atoms with Crippen molar-refractivity contribution in [1.82, 2.24) is 20.1 Å². The van der Waals surface area contributed by atoms with E-state index in [2.05, 4.69) is 20.9 Å². The van der Waals surface area contributed by atoms with Gasteiger partial charge in [0.1, 0.15) is 36.0 Å². The van der Waals surface area contributed by atoms with E-state index in [4.69, 9.17) is 28.4 Å². The number of hydrogen-bond acceptors (Lipinski definition) is 13. The highest BCUT2D eigenvalue weighted by Crippen LogP contribution is 2.37. The summed E-state index contributed by atoms with van der Waals surface area (Å²) >= 11 is 1.13. The van der Waals surface area contributed by atoms with E-state index in [1.165, 1.54) is 4.90 Å². The molecule has 0 spiro atoms. The predicted molar refractivity (Wildman–Crippen MR) is 251 cm³/mol. The lowest BCUT2D eigenvalue weighted by Crippen LogP contribution is -2.56. The van der Waals surface area contributed by atoms with Crippen LogP contribution in [0.4, 0.5) is 14.9 Å². The van der Waals surface area contributed by atoms with E-state index in [9.17, 15) is 24.0 Å². The zero-order valence-corrected chi connectivity index (χ0v) is 39.5. The third-order valence-corrected chi connectivity index (χ3v) is 12.4. The van der Waals surface area contributed by atoms with Crippen LogP contribution >= 0.6 is 11.3 Å². The monoisotopic (exact) mass is 936 g/mol. The molecule has 5 rings (SSSR count). The fraction of sp³-hybridized carbons (Fsp3) is 0.583. The van der Waals surface area contributed by atoms with Crippen molar-refractivity contribution in [2.24, 2.45) is 11.8 Å². The molecule has 3 atom stereocenters. The Labute approximate surface area is 392 Å². The van der Waals surface area contributed by atoms with Crippen LogP contribution in [-0.4, -0.2) is 143 Å². The molecule has 1 saturated heterocycles. The van der Waals surface area contributed by atoms with E-state index >= 15 is 0 Å². The summed E-state index contributed by atoms with van der Waals surface area (Å²) in [6.07, 6.45) is 6.30. The Morgan fingerprint density at radius 3 is 2.02 bits per heavy atom. The molecule has 0 radical (unpaired) electrons. The molecule has 18 heteroatoms. The number of carbonyl (C=O) groups excluding carboxylic acids is 5. The Kier molecular flexibility index (Phi) is 22.8. The number of thiazole rings is 1. The first-order chi connectivity index (χ1) is 32.1. The molecule has 2 fully saturated rings. The number of likely N-dealkylation sites (N-methyl/N-ethyl adjacent to an activating group) is 1. The number of hydrogen-bond donors (Lipinski definition) is 3. The quantitative estimate of drug-likeness (QED) is 0.0705. The van der Waals surface area contributed by atoms with E-state index in [1.807, 2.05) is 74.5 Å². The number of nitrogens with one attached hydrogen (secondary N) is 3. The number of anilines is 2. The van der Waals surface area contributed by atoms with Gasteiger partial charge < -0.3 is 48.9 Å². The number of carbonyl (C=O) groups is 5. The second-order valence-corrected chi connectivity index (χ2v) is 17.4. The minimum absolute atomic E-state index is 0.0330. The summed E-state index contributed by atoms with van der Waals surface area (Å²) in [5.74, 6) is -1.27. The SMILES string of the molecule is CC[C@@H](C)C(=O)N[C@H](C(=O)N1CCC[C@H]1C(=O)Nc1sc(NC(=O)COCCOCCOCCOCCOCCN(C)C(=O)OCc2ccccc2)nc1-c1ccccc1)C1CCCCC1. The molecule has 17 nitrogen and oxygen atoms in total. The molecule has 5 amide bonds. The normalized spacial score (nSPS) is 16.0. The van der Waals surface area contributed by atoms with Gasteiger partial charge in [-0.25, -0.2) is 9.78 Å². The fourth-order valence-electron chi connectivity index (χ4n) is 7.58. The van der Waals surface area contributed by atoms with Crippen molar-refractivity contribution in [3.8, 4) is 11.3 Å². The Hall–Kier alpha value is -4.98. The number of ether oxygens (including phenoxy) is 6. The molecular weight excluding hydrogens is 869 g/mol. The molecular formula is C48H68N6O11S. The summed E-state index contributed by atoms with van der Waals surface area (Å²) in [5, 5.41) is 9.62. The lowest BCUT2D eigenvalue weighted by atomic mass is 9.83. The minimum Gasteiger partial charge on any atom is -0.445 e. The van der Waals surface area contributed by atoms with E-state index in [1.54, 1.807) is 11.9 Å². The molecule has 1 saturated carbocycles. The van der Waals surface area contributed by atoms with E-state index in [-0.39, 0.29) is 61.1 Å². The van der Waals surface area contributed by atoms with Crippen LogP contribution in [0.3, 0.4) is 0 Å².